The lowest BCUT2D eigenvalue weighted by Gasteiger charge is -2.34. The Kier molecular flexibility index (Phi) is 9.72. The summed E-state index contributed by atoms with van der Waals surface area (Å²) < 4.78 is 81.8. The molecule has 3 heterocycles. The third-order valence-corrected chi connectivity index (χ3v) is 7.57. The van der Waals surface area contributed by atoms with E-state index in [1.165, 1.54) is 29.1 Å². The van der Waals surface area contributed by atoms with E-state index in [2.05, 4.69) is 25.3 Å². The zero-order valence-corrected chi connectivity index (χ0v) is 25.3. The summed E-state index contributed by atoms with van der Waals surface area (Å²) in [5, 5.41) is 10.5. The van der Waals surface area contributed by atoms with Gasteiger partial charge in [-0.3, -0.25) is 19.5 Å². The van der Waals surface area contributed by atoms with E-state index in [1.54, 1.807) is 24.0 Å². The monoisotopic (exact) mass is 681 g/mol. The Morgan fingerprint density at radius 1 is 0.915 bits per heavy atom. The second-order valence-electron chi connectivity index (χ2n) is 10.6. The molecule has 0 saturated carbocycles. The number of aryl methyl sites for hydroxylation is 1. The summed E-state index contributed by atoms with van der Waals surface area (Å²) in [5.74, 6) is -1.39. The molecule has 0 aliphatic carbocycles. The van der Waals surface area contributed by atoms with Crippen molar-refractivity contribution < 1.29 is 40.7 Å². The molecule has 0 spiro atoms. The second-order valence-corrected chi connectivity index (χ2v) is 11.1. The smallest absolute Gasteiger partial charge is 0.404 e. The molecule has 10 nitrogen and oxygen atoms in total. The normalized spacial score (nSPS) is 14.3. The second kappa shape index (κ2) is 13.6. The van der Waals surface area contributed by atoms with Crippen molar-refractivity contribution >= 4 is 29.1 Å². The number of ether oxygens (including phenoxy) is 1. The van der Waals surface area contributed by atoms with Gasteiger partial charge in [-0.25, -0.2) is 4.68 Å². The minimum absolute atomic E-state index is 0.0280. The van der Waals surface area contributed by atoms with Gasteiger partial charge in [-0.05, 0) is 60.5 Å². The summed E-state index contributed by atoms with van der Waals surface area (Å²) in [6, 6.07) is 11.3. The van der Waals surface area contributed by atoms with Crippen LogP contribution in [0.3, 0.4) is 0 Å². The van der Waals surface area contributed by atoms with Crippen molar-refractivity contribution in [2.24, 2.45) is 0 Å². The van der Waals surface area contributed by atoms with Crippen LogP contribution < -0.4 is 10.1 Å². The van der Waals surface area contributed by atoms with E-state index in [9.17, 15) is 35.9 Å². The number of nitrogens with one attached hydrogen (secondary N) is 1. The van der Waals surface area contributed by atoms with Crippen LogP contribution in [0.1, 0.15) is 43.4 Å². The first kappa shape index (κ1) is 33.7. The van der Waals surface area contributed by atoms with Gasteiger partial charge in [-0.2, -0.15) is 13.2 Å². The molecule has 5 rings (SSSR count). The first-order chi connectivity index (χ1) is 22.2. The fraction of sp³-hybridized carbons (Fsp3) is 0.300. The number of nitrogens with zero attached hydrogens (tertiary/aromatic N) is 6. The third kappa shape index (κ3) is 8.56. The predicted molar refractivity (Wildman–Crippen MR) is 157 cm³/mol. The molecule has 0 radical (unpaired) electrons. The number of hydrogen-bond acceptors (Lipinski definition) is 7. The zero-order chi connectivity index (χ0) is 33.9. The van der Waals surface area contributed by atoms with E-state index in [-0.39, 0.29) is 34.5 Å². The summed E-state index contributed by atoms with van der Waals surface area (Å²) in [6.45, 7) is 3.74. The predicted octanol–water partition coefficient (Wildman–Crippen LogP) is 5.81. The largest absolute Gasteiger partial charge is 0.573 e. The Morgan fingerprint density at radius 2 is 1.60 bits per heavy atom. The molecule has 4 aromatic rings. The van der Waals surface area contributed by atoms with Gasteiger partial charge in [0.2, 0.25) is 0 Å². The lowest BCUT2D eigenvalue weighted by molar-refractivity contribution is -0.274. The van der Waals surface area contributed by atoms with Gasteiger partial charge < -0.3 is 15.0 Å². The highest BCUT2D eigenvalue weighted by Crippen LogP contribution is 2.32. The van der Waals surface area contributed by atoms with Crippen LogP contribution in [0.15, 0.2) is 60.8 Å². The number of benzene rings is 2. The molecule has 2 amide bonds. The maximum absolute atomic E-state index is 13.5. The van der Waals surface area contributed by atoms with Gasteiger partial charge in [0.15, 0.2) is 0 Å². The minimum atomic E-state index is -4.87. The first-order valence-corrected chi connectivity index (χ1v) is 14.4. The Bertz CT molecular complexity index is 1740. The molecule has 1 aliphatic rings. The van der Waals surface area contributed by atoms with Gasteiger partial charge in [0.1, 0.15) is 17.1 Å². The van der Waals surface area contributed by atoms with Crippen LogP contribution >= 0.6 is 11.6 Å². The molecule has 0 unspecified atom stereocenters. The van der Waals surface area contributed by atoms with E-state index >= 15 is 0 Å². The van der Waals surface area contributed by atoms with Crippen molar-refractivity contribution in [3.05, 3.63) is 99.6 Å². The van der Waals surface area contributed by atoms with Crippen molar-refractivity contribution in [2.45, 2.75) is 32.6 Å². The number of pyridine rings is 1. The quantitative estimate of drug-likeness (QED) is 0.234. The number of amides is 2. The molecule has 1 N–H and O–H groups in total. The molecule has 0 atom stereocenters. The van der Waals surface area contributed by atoms with Gasteiger partial charge in [0.25, 0.3) is 11.8 Å². The summed E-state index contributed by atoms with van der Waals surface area (Å²) in [4.78, 5) is 33.8. The summed E-state index contributed by atoms with van der Waals surface area (Å²) >= 11 is 5.84. The number of carbonyl (C=O) groups excluding carboxylic acids is 2. The fourth-order valence-corrected chi connectivity index (χ4v) is 5.06. The highest BCUT2D eigenvalue weighted by atomic mass is 35.5. The average Bonchev–Trinajstić information content (AvgIpc) is 3.37. The number of halogens is 7. The molecular formula is C30H26ClF6N7O3. The average molecular weight is 682 g/mol. The van der Waals surface area contributed by atoms with E-state index in [0.29, 0.717) is 49.5 Å². The number of piperazine rings is 1. The van der Waals surface area contributed by atoms with Crippen LogP contribution in [0.2, 0.25) is 5.02 Å². The minimum Gasteiger partial charge on any atom is -0.404 e. The molecule has 1 saturated heterocycles. The van der Waals surface area contributed by atoms with Gasteiger partial charge in [0, 0.05) is 44.6 Å². The molecule has 17 heteroatoms. The molecule has 2 aromatic heterocycles. The molecule has 2 aromatic carbocycles. The first-order valence-electron chi connectivity index (χ1n) is 14.1. The zero-order valence-electron chi connectivity index (χ0n) is 24.6. The number of anilines is 1. The van der Waals surface area contributed by atoms with Crippen LogP contribution in [-0.2, 0) is 19.3 Å². The Hall–Kier alpha value is -4.70. The van der Waals surface area contributed by atoms with Crippen LogP contribution in [-0.4, -0.2) is 74.1 Å². The van der Waals surface area contributed by atoms with Crippen molar-refractivity contribution in [1.29, 1.82) is 0 Å². The Labute approximate surface area is 268 Å². The van der Waals surface area contributed by atoms with Gasteiger partial charge in [-0.15, -0.1) is 18.3 Å². The van der Waals surface area contributed by atoms with Crippen molar-refractivity contribution in [3.63, 3.8) is 0 Å². The summed E-state index contributed by atoms with van der Waals surface area (Å²) in [5.41, 5.74) is 1.23. The highest BCUT2D eigenvalue weighted by molar-refractivity contribution is 6.32. The molecule has 1 aliphatic heterocycles. The number of aromatic nitrogens is 4. The number of carbonyl (C=O) groups is 2. The van der Waals surface area contributed by atoms with E-state index in [4.69, 9.17) is 11.6 Å². The van der Waals surface area contributed by atoms with Crippen LogP contribution in [0.25, 0.3) is 0 Å². The number of alkyl halides is 6. The maximum atomic E-state index is 13.5. The number of hydrogen-bond donors (Lipinski definition) is 1. The Morgan fingerprint density at radius 3 is 2.21 bits per heavy atom. The van der Waals surface area contributed by atoms with Crippen LogP contribution in [0.5, 0.6) is 5.75 Å². The van der Waals surface area contributed by atoms with E-state index in [1.807, 2.05) is 4.90 Å². The van der Waals surface area contributed by atoms with Gasteiger partial charge in [-0.1, -0.05) is 28.9 Å². The van der Waals surface area contributed by atoms with Crippen LogP contribution in [0.4, 0.5) is 32.0 Å². The Balaban J connectivity index is 1.17. The molecule has 47 heavy (non-hydrogen) atoms. The van der Waals surface area contributed by atoms with Crippen LogP contribution in [0, 0.1) is 6.92 Å². The topological polar surface area (TPSA) is 105 Å². The molecule has 248 valence electrons. The van der Waals surface area contributed by atoms with Gasteiger partial charge >= 0.3 is 12.5 Å². The van der Waals surface area contributed by atoms with Crippen molar-refractivity contribution in [1.82, 2.24) is 29.8 Å². The standard InChI is InChI=1S/C30H26ClF6N7O3/c1-18-26(28(46)43-12-10-42(11-13-43)16-19-2-8-23(31)25(14-19)47-30(35,36)37)44(41-40-18)17-20-3-9-24(38-15-20)27(45)39-22-6-4-21(5-7-22)29(32,33)34/h2-9,14-15H,10-13,16-17H2,1H3,(H,39,45). The molecular weight excluding hydrogens is 656 g/mol. The SMILES string of the molecule is Cc1nnn(Cc2ccc(C(=O)Nc3ccc(C(F)(F)F)cc3)nc2)c1C(=O)N1CCN(Cc2ccc(Cl)c(OC(F)(F)F)c2)CC1. The molecule has 0 bridgehead atoms. The highest BCUT2D eigenvalue weighted by Gasteiger charge is 2.33. The lowest BCUT2D eigenvalue weighted by Crippen LogP contribution is -2.48. The maximum Gasteiger partial charge on any atom is 0.573 e. The van der Waals surface area contributed by atoms with E-state index < -0.39 is 29.8 Å². The van der Waals surface area contributed by atoms with Crippen molar-refractivity contribution in [3.8, 4) is 5.75 Å². The van der Waals surface area contributed by atoms with E-state index in [0.717, 1.165) is 24.3 Å². The summed E-state index contributed by atoms with van der Waals surface area (Å²) in [7, 11) is 0. The summed E-state index contributed by atoms with van der Waals surface area (Å²) in [6.07, 6.45) is -7.94. The third-order valence-electron chi connectivity index (χ3n) is 7.25. The number of rotatable bonds is 8. The molecule has 1 fully saturated rings. The van der Waals surface area contributed by atoms with Crippen molar-refractivity contribution in [2.75, 3.05) is 31.5 Å². The lowest BCUT2D eigenvalue weighted by atomic mass is 10.1. The van der Waals surface area contributed by atoms with Gasteiger partial charge in [0.05, 0.1) is 22.8 Å². The fourth-order valence-electron chi connectivity index (χ4n) is 4.90.